The van der Waals surface area contributed by atoms with Crippen LogP contribution in [0.1, 0.15) is 42.7 Å². The molecule has 0 aromatic heterocycles. The molecule has 2 aliphatic rings. The Morgan fingerprint density at radius 3 is 2.76 bits per heavy atom. The maximum Gasteiger partial charge on any atom is 0.0829 e. The van der Waals surface area contributed by atoms with E-state index in [0.717, 1.165) is 19.3 Å². The van der Waals surface area contributed by atoms with E-state index in [1.54, 1.807) is 0 Å². The summed E-state index contributed by atoms with van der Waals surface area (Å²) in [6.07, 6.45) is 5.81. The minimum atomic E-state index is -0.00939. The third kappa shape index (κ3) is 1.71. The van der Waals surface area contributed by atoms with Crippen LogP contribution >= 0.6 is 0 Å². The van der Waals surface area contributed by atoms with Crippen LogP contribution in [0.5, 0.6) is 0 Å². The van der Waals surface area contributed by atoms with Crippen molar-refractivity contribution in [3.63, 3.8) is 0 Å². The van der Waals surface area contributed by atoms with Gasteiger partial charge in [0.15, 0.2) is 0 Å². The van der Waals surface area contributed by atoms with Gasteiger partial charge in [-0.3, -0.25) is 0 Å². The lowest BCUT2D eigenvalue weighted by atomic mass is 9.68. The quantitative estimate of drug-likeness (QED) is 0.864. The average molecular weight is 231 g/mol. The van der Waals surface area contributed by atoms with Crippen molar-refractivity contribution < 1.29 is 4.74 Å². The van der Waals surface area contributed by atoms with Crippen LogP contribution in [-0.4, -0.2) is 18.8 Å². The van der Waals surface area contributed by atoms with E-state index in [2.05, 4.69) is 24.3 Å². The van der Waals surface area contributed by atoms with Crippen molar-refractivity contribution in [2.75, 3.05) is 7.11 Å². The van der Waals surface area contributed by atoms with E-state index in [9.17, 15) is 0 Å². The van der Waals surface area contributed by atoms with E-state index in [4.69, 9.17) is 10.5 Å². The molecule has 0 radical (unpaired) electrons. The van der Waals surface area contributed by atoms with Crippen molar-refractivity contribution in [2.45, 2.75) is 49.7 Å². The Morgan fingerprint density at radius 2 is 2.18 bits per heavy atom. The van der Waals surface area contributed by atoms with Gasteiger partial charge in [0.05, 0.1) is 5.60 Å². The van der Waals surface area contributed by atoms with Crippen molar-refractivity contribution in [3.8, 4) is 0 Å². The van der Waals surface area contributed by atoms with Crippen molar-refractivity contribution in [2.24, 2.45) is 5.73 Å². The molecule has 2 N–H and O–H groups in total. The highest BCUT2D eigenvalue weighted by molar-refractivity contribution is 5.40. The first-order valence-electron chi connectivity index (χ1n) is 6.64. The Bertz CT molecular complexity index is 406. The molecule has 0 amide bonds. The standard InChI is InChI=1S/C15H21NO/c1-17-15(7-4-8-15)14(16)10-12-9-11-5-2-3-6-13(11)12/h2-3,5-6,12,14H,4,7-10,16H2,1H3. The van der Waals surface area contributed by atoms with Crippen LogP contribution in [-0.2, 0) is 11.2 Å². The molecule has 2 aliphatic carbocycles. The second-order valence-electron chi connectivity index (χ2n) is 5.56. The maximum atomic E-state index is 6.37. The van der Waals surface area contributed by atoms with Crippen molar-refractivity contribution >= 4 is 0 Å². The number of rotatable bonds is 4. The van der Waals surface area contributed by atoms with Crippen molar-refractivity contribution in [3.05, 3.63) is 35.4 Å². The van der Waals surface area contributed by atoms with Gasteiger partial charge in [0, 0.05) is 13.2 Å². The molecule has 3 rings (SSSR count). The molecule has 1 fully saturated rings. The van der Waals surface area contributed by atoms with Gasteiger partial charge in [-0.25, -0.2) is 0 Å². The van der Waals surface area contributed by atoms with E-state index in [1.165, 1.54) is 24.0 Å². The van der Waals surface area contributed by atoms with Gasteiger partial charge in [0.2, 0.25) is 0 Å². The van der Waals surface area contributed by atoms with E-state index >= 15 is 0 Å². The van der Waals surface area contributed by atoms with Crippen LogP contribution in [0.2, 0.25) is 0 Å². The summed E-state index contributed by atoms with van der Waals surface area (Å²) in [6.45, 7) is 0. The van der Waals surface area contributed by atoms with Gasteiger partial charge in [-0.2, -0.15) is 0 Å². The van der Waals surface area contributed by atoms with Gasteiger partial charge in [0.1, 0.15) is 0 Å². The first-order chi connectivity index (χ1) is 8.25. The normalized spacial score (nSPS) is 26.6. The summed E-state index contributed by atoms with van der Waals surface area (Å²) in [6, 6.07) is 8.92. The maximum absolute atomic E-state index is 6.37. The lowest BCUT2D eigenvalue weighted by Crippen LogP contribution is -2.55. The van der Waals surface area contributed by atoms with E-state index in [0.29, 0.717) is 5.92 Å². The Morgan fingerprint density at radius 1 is 1.41 bits per heavy atom. The van der Waals surface area contributed by atoms with Crippen LogP contribution in [0.25, 0.3) is 0 Å². The predicted octanol–water partition coefficient (Wildman–Crippen LogP) is 2.61. The van der Waals surface area contributed by atoms with Crippen LogP contribution < -0.4 is 5.73 Å². The third-order valence-corrected chi connectivity index (χ3v) is 4.78. The highest BCUT2D eigenvalue weighted by atomic mass is 16.5. The molecule has 2 atom stereocenters. The van der Waals surface area contributed by atoms with Crippen molar-refractivity contribution in [1.29, 1.82) is 0 Å². The number of ether oxygens (including phenoxy) is 1. The molecule has 1 aromatic carbocycles. The number of hydrogen-bond donors (Lipinski definition) is 1. The summed E-state index contributed by atoms with van der Waals surface area (Å²) >= 11 is 0. The molecule has 0 aliphatic heterocycles. The van der Waals surface area contributed by atoms with Gasteiger partial charge in [-0.15, -0.1) is 0 Å². The zero-order valence-corrected chi connectivity index (χ0v) is 10.5. The van der Waals surface area contributed by atoms with Gasteiger partial charge < -0.3 is 10.5 Å². The highest BCUT2D eigenvalue weighted by Crippen LogP contribution is 2.44. The number of hydrogen-bond acceptors (Lipinski definition) is 2. The molecule has 0 spiro atoms. The lowest BCUT2D eigenvalue weighted by Gasteiger charge is -2.47. The first kappa shape index (κ1) is 11.2. The second kappa shape index (κ2) is 4.11. The molecule has 2 heteroatoms. The number of nitrogens with two attached hydrogens (primary N) is 1. The summed E-state index contributed by atoms with van der Waals surface area (Å²) < 4.78 is 5.67. The number of fused-ring (bicyclic) bond motifs is 1. The second-order valence-corrected chi connectivity index (χ2v) is 5.56. The van der Waals surface area contributed by atoms with Crippen LogP contribution in [0, 0.1) is 0 Å². The van der Waals surface area contributed by atoms with Crippen LogP contribution in [0.3, 0.4) is 0 Å². The smallest absolute Gasteiger partial charge is 0.0829 e. The van der Waals surface area contributed by atoms with Gasteiger partial charge in [0.25, 0.3) is 0 Å². The molecule has 1 saturated carbocycles. The molecule has 1 aromatic rings. The minimum absolute atomic E-state index is 0.00939. The zero-order valence-electron chi connectivity index (χ0n) is 10.5. The predicted molar refractivity (Wildman–Crippen MR) is 69.1 cm³/mol. The first-order valence-corrected chi connectivity index (χ1v) is 6.64. The van der Waals surface area contributed by atoms with Gasteiger partial charge >= 0.3 is 0 Å². The van der Waals surface area contributed by atoms with Crippen molar-refractivity contribution in [1.82, 2.24) is 0 Å². The van der Waals surface area contributed by atoms with Crippen LogP contribution in [0.15, 0.2) is 24.3 Å². The Labute approximate surface area is 103 Å². The van der Waals surface area contributed by atoms with E-state index in [1.807, 2.05) is 7.11 Å². The Balaban J connectivity index is 1.66. The van der Waals surface area contributed by atoms with E-state index < -0.39 is 0 Å². The molecular weight excluding hydrogens is 210 g/mol. The SMILES string of the molecule is COC1(C(N)CC2Cc3ccccc32)CCC1. The molecule has 92 valence electrons. The molecule has 0 heterocycles. The molecule has 0 saturated heterocycles. The number of benzene rings is 1. The largest absolute Gasteiger partial charge is 0.377 e. The molecule has 2 unspecified atom stereocenters. The summed E-state index contributed by atoms with van der Waals surface area (Å²) in [5, 5.41) is 0. The topological polar surface area (TPSA) is 35.2 Å². The Hall–Kier alpha value is -0.860. The van der Waals surface area contributed by atoms with E-state index in [-0.39, 0.29) is 11.6 Å². The third-order valence-electron chi connectivity index (χ3n) is 4.78. The fourth-order valence-electron chi connectivity index (χ4n) is 3.35. The minimum Gasteiger partial charge on any atom is -0.377 e. The lowest BCUT2D eigenvalue weighted by molar-refractivity contribution is -0.0928. The summed E-state index contributed by atoms with van der Waals surface area (Å²) in [5.41, 5.74) is 9.37. The molecule has 2 nitrogen and oxygen atoms in total. The van der Waals surface area contributed by atoms with Gasteiger partial charge in [-0.05, 0) is 49.1 Å². The Kier molecular flexibility index (Phi) is 2.72. The average Bonchev–Trinajstić information content (AvgIpc) is 2.25. The fourth-order valence-corrected chi connectivity index (χ4v) is 3.35. The fraction of sp³-hybridized carbons (Fsp3) is 0.600. The van der Waals surface area contributed by atoms with Gasteiger partial charge in [-0.1, -0.05) is 24.3 Å². The zero-order chi connectivity index (χ0) is 11.9. The highest BCUT2D eigenvalue weighted by Gasteiger charge is 2.44. The molecule has 17 heavy (non-hydrogen) atoms. The monoisotopic (exact) mass is 231 g/mol. The molecular formula is C15H21NO. The molecule has 0 bridgehead atoms. The summed E-state index contributed by atoms with van der Waals surface area (Å²) in [7, 11) is 1.81. The summed E-state index contributed by atoms with van der Waals surface area (Å²) in [5.74, 6) is 0.661. The number of methoxy groups -OCH3 is 1. The van der Waals surface area contributed by atoms with Crippen LogP contribution in [0.4, 0.5) is 0 Å². The summed E-state index contributed by atoms with van der Waals surface area (Å²) in [4.78, 5) is 0.